The molecule has 0 atom stereocenters. The maximum Gasteiger partial charge on any atom is 0.414 e. The van der Waals surface area contributed by atoms with Crippen LogP contribution in [0.2, 0.25) is 0 Å². The Morgan fingerprint density at radius 2 is 2.00 bits per heavy atom. The smallest absolute Gasteiger partial charge is 0.414 e. The summed E-state index contributed by atoms with van der Waals surface area (Å²) in [4.78, 5) is 24.0. The Kier molecular flexibility index (Phi) is 7.06. The number of carboxylic acids is 1. The highest BCUT2D eigenvalue weighted by Gasteiger charge is 2.17. The molecular formula is C14H16INO4. The standard InChI is InChI=1S/C14H16INO4/c1-2-10-20-14(19)16(9-3-4-13(17)18)12-7-5-11(15)6-8-12/h2,5-8H,1,3-4,9-10H2,(H,17,18). The number of ether oxygens (including phenoxy) is 1. The minimum absolute atomic E-state index is 0.00953. The van der Waals surface area contributed by atoms with Gasteiger partial charge < -0.3 is 9.84 Å². The lowest BCUT2D eigenvalue weighted by molar-refractivity contribution is -0.137. The van der Waals surface area contributed by atoms with Crippen LogP contribution in [0.5, 0.6) is 0 Å². The van der Waals surface area contributed by atoms with Crippen molar-refractivity contribution in [2.24, 2.45) is 0 Å². The number of anilines is 1. The van der Waals surface area contributed by atoms with Crippen molar-refractivity contribution < 1.29 is 19.4 Å². The highest BCUT2D eigenvalue weighted by Crippen LogP contribution is 2.18. The van der Waals surface area contributed by atoms with Gasteiger partial charge in [-0.05, 0) is 53.3 Å². The van der Waals surface area contributed by atoms with Crippen LogP contribution in [0, 0.1) is 3.57 Å². The molecule has 0 saturated carbocycles. The van der Waals surface area contributed by atoms with Gasteiger partial charge in [-0.3, -0.25) is 9.69 Å². The van der Waals surface area contributed by atoms with Gasteiger partial charge in [-0.2, -0.15) is 0 Å². The molecule has 1 aromatic carbocycles. The Labute approximate surface area is 131 Å². The van der Waals surface area contributed by atoms with Gasteiger partial charge in [0.1, 0.15) is 6.61 Å². The Morgan fingerprint density at radius 3 is 2.55 bits per heavy atom. The first-order chi connectivity index (χ1) is 9.54. The average molecular weight is 389 g/mol. The van der Waals surface area contributed by atoms with Crippen molar-refractivity contribution in [1.82, 2.24) is 0 Å². The van der Waals surface area contributed by atoms with Crippen molar-refractivity contribution in [2.45, 2.75) is 12.8 Å². The molecular weight excluding hydrogens is 373 g/mol. The molecule has 0 aliphatic heterocycles. The number of hydrogen-bond donors (Lipinski definition) is 1. The fourth-order valence-corrected chi connectivity index (χ4v) is 1.90. The lowest BCUT2D eigenvalue weighted by atomic mass is 10.2. The summed E-state index contributed by atoms with van der Waals surface area (Å²) in [6.45, 7) is 3.91. The summed E-state index contributed by atoms with van der Waals surface area (Å²) < 4.78 is 6.07. The zero-order valence-corrected chi connectivity index (χ0v) is 13.1. The maximum absolute atomic E-state index is 12.0. The van der Waals surface area contributed by atoms with E-state index in [2.05, 4.69) is 29.2 Å². The van der Waals surface area contributed by atoms with Crippen molar-refractivity contribution >= 4 is 40.3 Å². The van der Waals surface area contributed by atoms with Crippen LogP contribution < -0.4 is 4.90 Å². The number of aliphatic carboxylic acids is 1. The van der Waals surface area contributed by atoms with Gasteiger partial charge in [0.25, 0.3) is 0 Å². The molecule has 0 aliphatic carbocycles. The molecule has 0 fully saturated rings. The van der Waals surface area contributed by atoms with Gasteiger partial charge in [0.2, 0.25) is 0 Å². The molecule has 0 aromatic heterocycles. The predicted molar refractivity (Wildman–Crippen MR) is 84.9 cm³/mol. The van der Waals surface area contributed by atoms with E-state index in [1.807, 2.05) is 12.1 Å². The summed E-state index contributed by atoms with van der Waals surface area (Å²) >= 11 is 2.17. The van der Waals surface area contributed by atoms with Crippen molar-refractivity contribution in [3.63, 3.8) is 0 Å². The maximum atomic E-state index is 12.0. The first-order valence-corrected chi connectivity index (χ1v) is 7.15. The van der Waals surface area contributed by atoms with E-state index in [-0.39, 0.29) is 13.0 Å². The number of carbonyl (C=O) groups is 2. The van der Waals surface area contributed by atoms with Crippen molar-refractivity contribution in [3.8, 4) is 0 Å². The number of amides is 1. The number of rotatable bonds is 7. The zero-order valence-electron chi connectivity index (χ0n) is 10.9. The second kappa shape index (κ2) is 8.57. The number of nitrogens with zero attached hydrogens (tertiary/aromatic N) is 1. The zero-order chi connectivity index (χ0) is 15.0. The van der Waals surface area contributed by atoms with Gasteiger partial charge in [0, 0.05) is 22.2 Å². The third-order valence-corrected chi connectivity index (χ3v) is 3.17. The largest absolute Gasteiger partial charge is 0.481 e. The van der Waals surface area contributed by atoms with E-state index < -0.39 is 12.1 Å². The number of benzene rings is 1. The monoisotopic (exact) mass is 389 g/mol. The van der Waals surface area contributed by atoms with Gasteiger partial charge in [-0.1, -0.05) is 12.7 Å². The van der Waals surface area contributed by atoms with Crippen molar-refractivity contribution in [2.75, 3.05) is 18.1 Å². The first kappa shape index (κ1) is 16.5. The lowest BCUT2D eigenvalue weighted by Crippen LogP contribution is -2.32. The molecule has 0 unspecified atom stereocenters. The van der Waals surface area contributed by atoms with Crippen LogP contribution >= 0.6 is 22.6 Å². The van der Waals surface area contributed by atoms with Gasteiger partial charge in [-0.15, -0.1) is 0 Å². The van der Waals surface area contributed by atoms with E-state index in [4.69, 9.17) is 9.84 Å². The normalized spacial score (nSPS) is 9.85. The highest BCUT2D eigenvalue weighted by molar-refractivity contribution is 14.1. The van der Waals surface area contributed by atoms with Gasteiger partial charge in [0.15, 0.2) is 0 Å². The Hall–Kier alpha value is -1.57. The molecule has 1 amide bonds. The average Bonchev–Trinajstić information content (AvgIpc) is 2.42. The summed E-state index contributed by atoms with van der Waals surface area (Å²) in [6.07, 6.45) is 1.36. The summed E-state index contributed by atoms with van der Waals surface area (Å²) in [6, 6.07) is 7.36. The van der Waals surface area contributed by atoms with Crippen LogP contribution in [0.25, 0.3) is 0 Å². The third-order valence-electron chi connectivity index (χ3n) is 2.46. The molecule has 0 heterocycles. The van der Waals surface area contributed by atoms with Gasteiger partial charge in [0.05, 0.1) is 0 Å². The minimum atomic E-state index is -0.882. The molecule has 0 radical (unpaired) electrons. The summed E-state index contributed by atoms with van der Waals surface area (Å²) in [7, 11) is 0. The Balaban J connectivity index is 2.77. The third kappa shape index (κ3) is 5.60. The molecule has 5 nitrogen and oxygen atoms in total. The predicted octanol–water partition coefficient (Wildman–Crippen LogP) is 3.29. The molecule has 0 saturated heterocycles. The first-order valence-electron chi connectivity index (χ1n) is 6.07. The van der Waals surface area contributed by atoms with Gasteiger partial charge in [-0.25, -0.2) is 4.79 Å². The molecule has 20 heavy (non-hydrogen) atoms. The number of hydrogen-bond acceptors (Lipinski definition) is 3. The van der Waals surface area contributed by atoms with Crippen LogP contribution in [0.1, 0.15) is 12.8 Å². The fraction of sp³-hybridized carbons (Fsp3) is 0.286. The topological polar surface area (TPSA) is 66.8 Å². The highest BCUT2D eigenvalue weighted by atomic mass is 127. The summed E-state index contributed by atoms with van der Waals surface area (Å²) in [5.41, 5.74) is 0.685. The van der Waals surface area contributed by atoms with E-state index in [0.29, 0.717) is 18.7 Å². The van der Waals surface area contributed by atoms with Crippen molar-refractivity contribution in [1.29, 1.82) is 0 Å². The van der Waals surface area contributed by atoms with Crippen molar-refractivity contribution in [3.05, 3.63) is 40.5 Å². The fourth-order valence-electron chi connectivity index (χ4n) is 1.54. The molecule has 1 rings (SSSR count). The van der Waals surface area contributed by atoms with E-state index in [0.717, 1.165) is 3.57 Å². The quantitative estimate of drug-likeness (QED) is 0.574. The van der Waals surface area contributed by atoms with E-state index in [1.165, 1.54) is 11.0 Å². The Morgan fingerprint density at radius 1 is 1.35 bits per heavy atom. The van der Waals surface area contributed by atoms with Gasteiger partial charge >= 0.3 is 12.1 Å². The van der Waals surface area contributed by atoms with Crippen LogP contribution in [-0.2, 0) is 9.53 Å². The van der Waals surface area contributed by atoms with Crippen LogP contribution in [0.15, 0.2) is 36.9 Å². The molecule has 6 heteroatoms. The molecule has 1 aromatic rings. The summed E-state index contributed by atoms with van der Waals surface area (Å²) in [5, 5.41) is 8.66. The second-order valence-corrected chi connectivity index (χ2v) is 5.24. The minimum Gasteiger partial charge on any atom is -0.481 e. The Bertz CT molecular complexity index is 473. The van der Waals surface area contributed by atoms with Crippen LogP contribution in [0.4, 0.5) is 10.5 Å². The number of halogens is 1. The van der Waals surface area contributed by atoms with Crippen LogP contribution in [-0.4, -0.2) is 30.3 Å². The van der Waals surface area contributed by atoms with Crippen LogP contribution in [0.3, 0.4) is 0 Å². The SMILES string of the molecule is C=CCOC(=O)N(CCCC(=O)O)c1ccc(I)cc1. The van der Waals surface area contributed by atoms with E-state index >= 15 is 0 Å². The molecule has 0 spiro atoms. The van der Waals surface area contributed by atoms with E-state index in [1.54, 1.807) is 12.1 Å². The molecule has 108 valence electrons. The number of carbonyl (C=O) groups excluding carboxylic acids is 1. The molecule has 1 N–H and O–H groups in total. The molecule has 0 aliphatic rings. The second-order valence-electron chi connectivity index (χ2n) is 3.99. The summed E-state index contributed by atoms with van der Waals surface area (Å²) in [5.74, 6) is -0.882. The van der Waals surface area contributed by atoms with E-state index in [9.17, 15) is 9.59 Å². The molecule has 0 bridgehead atoms. The lowest BCUT2D eigenvalue weighted by Gasteiger charge is -2.21. The number of carboxylic acid groups (broad SMARTS) is 1.